The zero-order valence-corrected chi connectivity index (χ0v) is 12.3. The van der Waals surface area contributed by atoms with Crippen molar-refractivity contribution in [2.75, 3.05) is 17.2 Å². The van der Waals surface area contributed by atoms with E-state index in [9.17, 15) is 14.9 Å². The summed E-state index contributed by atoms with van der Waals surface area (Å²) in [5.41, 5.74) is 3.45. The number of anilines is 2. The maximum Gasteiger partial charge on any atom is 0.323 e. The van der Waals surface area contributed by atoms with Crippen molar-refractivity contribution >= 4 is 23.1 Å². The van der Waals surface area contributed by atoms with E-state index in [1.165, 1.54) is 29.3 Å². The lowest BCUT2D eigenvalue weighted by molar-refractivity contribution is -0.384. The van der Waals surface area contributed by atoms with Gasteiger partial charge in [0.05, 0.1) is 4.92 Å². The number of rotatable bonds is 3. The van der Waals surface area contributed by atoms with Crippen LogP contribution in [0.25, 0.3) is 0 Å². The fourth-order valence-electron chi connectivity index (χ4n) is 2.55. The number of fused-ring (bicyclic) bond motifs is 1. The lowest BCUT2D eigenvalue weighted by atomic mass is 10.0. The number of hydrogen-bond acceptors (Lipinski definition) is 4. The maximum atomic E-state index is 12.0. The molecule has 1 heterocycles. The molecule has 0 saturated carbocycles. The molecule has 0 aliphatic carbocycles. The second-order valence-corrected chi connectivity index (χ2v) is 5.30. The quantitative estimate of drug-likeness (QED) is 0.599. The van der Waals surface area contributed by atoms with Gasteiger partial charge in [0, 0.05) is 30.1 Å². The first kappa shape index (κ1) is 15.0. The molecule has 0 spiro atoms. The molecular weight excluding hydrogens is 296 g/mol. The lowest BCUT2D eigenvalue weighted by Gasteiger charge is -2.18. The normalized spacial score (nSPS) is 13.0. The Bertz CT molecular complexity index is 761. The molecule has 1 aliphatic heterocycles. The summed E-state index contributed by atoms with van der Waals surface area (Å²) in [6.45, 7) is 1.75. The van der Waals surface area contributed by atoms with Crippen LogP contribution in [0.5, 0.6) is 0 Å². The number of carbonyl (C=O) groups excluding carboxylic acids is 1. The zero-order valence-electron chi connectivity index (χ0n) is 12.3. The van der Waals surface area contributed by atoms with Crippen LogP contribution in [0.2, 0.25) is 0 Å². The molecule has 7 nitrogen and oxygen atoms in total. The van der Waals surface area contributed by atoms with Crippen molar-refractivity contribution in [1.29, 1.82) is 0 Å². The first-order valence-electron chi connectivity index (χ1n) is 7.27. The van der Waals surface area contributed by atoms with Crippen LogP contribution in [0.4, 0.5) is 21.9 Å². The molecule has 0 bridgehead atoms. The standard InChI is InChI=1S/C16H16N4O3/c21-16(18-13-2-1-3-15(9-13)20(22)23)19-14-5-4-11-6-7-17-10-12(11)8-14/h1-5,8-9,17H,6-7,10H2,(H2,18,19,21). The number of benzene rings is 2. The first-order valence-corrected chi connectivity index (χ1v) is 7.27. The van der Waals surface area contributed by atoms with Gasteiger partial charge in [0.1, 0.15) is 0 Å². The lowest BCUT2D eigenvalue weighted by Crippen LogP contribution is -2.24. The van der Waals surface area contributed by atoms with Crippen LogP contribution in [-0.2, 0) is 13.0 Å². The molecule has 7 heteroatoms. The second kappa shape index (κ2) is 6.45. The van der Waals surface area contributed by atoms with Crippen LogP contribution < -0.4 is 16.0 Å². The zero-order chi connectivity index (χ0) is 16.2. The predicted molar refractivity (Wildman–Crippen MR) is 87.6 cm³/mol. The first-order chi connectivity index (χ1) is 11.1. The monoisotopic (exact) mass is 312 g/mol. The van der Waals surface area contributed by atoms with Crippen LogP contribution in [0, 0.1) is 10.1 Å². The molecule has 3 N–H and O–H groups in total. The van der Waals surface area contributed by atoms with Gasteiger partial charge in [-0.1, -0.05) is 12.1 Å². The van der Waals surface area contributed by atoms with E-state index in [-0.39, 0.29) is 5.69 Å². The summed E-state index contributed by atoms with van der Waals surface area (Å²) in [7, 11) is 0. The molecule has 118 valence electrons. The minimum atomic E-state index is -0.500. The SMILES string of the molecule is O=C(Nc1cccc([N+](=O)[O-])c1)Nc1ccc2c(c1)CNCC2. The molecule has 0 saturated heterocycles. The number of nitro benzene ring substituents is 1. The van der Waals surface area contributed by atoms with Crippen molar-refractivity contribution in [1.82, 2.24) is 5.32 Å². The molecule has 2 amide bonds. The molecule has 0 atom stereocenters. The van der Waals surface area contributed by atoms with Crippen molar-refractivity contribution in [2.24, 2.45) is 0 Å². The number of hydrogen-bond donors (Lipinski definition) is 3. The molecule has 0 aromatic heterocycles. The van der Waals surface area contributed by atoms with Crippen molar-refractivity contribution in [3.8, 4) is 0 Å². The summed E-state index contributed by atoms with van der Waals surface area (Å²) in [5, 5.41) is 19.4. The number of carbonyl (C=O) groups is 1. The highest BCUT2D eigenvalue weighted by atomic mass is 16.6. The number of amides is 2. The molecule has 0 radical (unpaired) electrons. The van der Waals surface area contributed by atoms with Crippen LogP contribution in [-0.4, -0.2) is 17.5 Å². The van der Waals surface area contributed by atoms with Gasteiger partial charge in [0.25, 0.3) is 5.69 Å². The van der Waals surface area contributed by atoms with Crippen molar-refractivity contribution < 1.29 is 9.72 Å². The van der Waals surface area contributed by atoms with Gasteiger partial charge in [0.15, 0.2) is 0 Å². The third-order valence-electron chi connectivity index (χ3n) is 3.67. The molecule has 0 fully saturated rings. The Labute approximate surface area is 132 Å². The highest BCUT2D eigenvalue weighted by Crippen LogP contribution is 2.20. The van der Waals surface area contributed by atoms with E-state index in [0.717, 1.165) is 19.5 Å². The maximum absolute atomic E-state index is 12.0. The van der Waals surface area contributed by atoms with Gasteiger partial charge in [-0.3, -0.25) is 10.1 Å². The van der Waals surface area contributed by atoms with E-state index in [1.807, 2.05) is 18.2 Å². The Kier molecular flexibility index (Phi) is 4.20. The molecular formula is C16H16N4O3. The highest BCUT2D eigenvalue weighted by molar-refractivity contribution is 6.00. The van der Waals surface area contributed by atoms with Crippen LogP contribution in [0.15, 0.2) is 42.5 Å². The van der Waals surface area contributed by atoms with E-state index in [1.54, 1.807) is 6.07 Å². The molecule has 1 aliphatic rings. The fraction of sp³-hybridized carbons (Fsp3) is 0.188. The predicted octanol–water partition coefficient (Wildman–Crippen LogP) is 2.88. The average molecular weight is 312 g/mol. The van der Waals surface area contributed by atoms with Gasteiger partial charge in [-0.2, -0.15) is 0 Å². The number of urea groups is 1. The van der Waals surface area contributed by atoms with Gasteiger partial charge in [0.2, 0.25) is 0 Å². The summed E-state index contributed by atoms with van der Waals surface area (Å²) < 4.78 is 0. The summed E-state index contributed by atoms with van der Waals surface area (Å²) in [6.07, 6.45) is 0.982. The largest absolute Gasteiger partial charge is 0.323 e. The topological polar surface area (TPSA) is 96.3 Å². The van der Waals surface area contributed by atoms with Gasteiger partial charge >= 0.3 is 6.03 Å². The summed E-state index contributed by atoms with van der Waals surface area (Å²) in [4.78, 5) is 22.3. The van der Waals surface area contributed by atoms with Gasteiger partial charge < -0.3 is 16.0 Å². The number of nitrogens with one attached hydrogen (secondary N) is 3. The van der Waals surface area contributed by atoms with E-state index in [2.05, 4.69) is 16.0 Å². The number of nitro groups is 1. The highest BCUT2D eigenvalue weighted by Gasteiger charge is 2.11. The van der Waals surface area contributed by atoms with Crippen molar-refractivity contribution in [3.05, 3.63) is 63.7 Å². The molecule has 3 rings (SSSR count). The Hall–Kier alpha value is -2.93. The molecule has 2 aromatic carbocycles. The van der Waals surface area contributed by atoms with E-state index < -0.39 is 11.0 Å². The Morgan fingerprint density at radius 3 is 2.65 bits per heavy atom. The molecule has 23 heavy (non-hydrogen) atoms. The minimum Gasteiger partial charge on any atom is -0.312 e. The smallest absolute Gasteiger partial charge is 0.312 e. The van der Waals surface area contributed by atoms with E-state index in [4.69, 9.17) is 0 Å². The number of non-ortho nitro benzene ring substituents is 1. The van der Waals surface area contributed by atoms with Crippen LogP contribution in [0.1, 0.15) is 11.1 Å². The minimum absolute atomic E-state index is 0.0670. The van der Waals surface area contributed by atoms with Crippen molar-refractivity contribution in [2.45, 2.75) is 13.0 Å². The summed E-state index contributed by atoms with van der Waals surface area (Å²) in [6, 6.07) is 11.2. The average Bonchev–Trinajstić information content (AvgIpc) is 2.55. The summed E-state index contributed by atoms with van der Waals surface area (Å²) in [5.74, 6) is 0. The van der Waals surface area contributed by atoms with E-state index >= 15 is 0 Å². The number of nitrogens with zero attached hydrogens (tertiary/aromatic N) is 1. The third kappa shape index (κ3) is 3.64. The molecule has 0 unspecified atom stereocenters. The third-order valence-corrected chi connectivity index (χ3v) is 3.67. The van der Waals surface area contributed by atoms with Crippen LogP contribution in [0.3, 0.4) is 0 Å². The van der Waals surface area contributed by atoms with Gasteiger partial charge in [-0.15, -0.1) is 0 Å². The second-order valence-electron chi connectivity index (χ2n) is 5.30. The van der Waals surface area contributed by atoms with Crippen molar-refractivity contribution in [3.63, 3.8) is 0 Å². The summed E-state index contributed by atoms with van der Waals surface area (Å²) >= 11 is 0. The van der Waals surface area contributed by atoms with Crippen LogP contribution >= 0.6 is 0 Å². The molecule has 2 aromatic rings. The Balaban J connectivity index is 1.67. The van der Waals surface area contributed by atoms with Gasteiger partial charge in [-0.25, -0.2) is 4.79 Å². The van der Waals surface area contributed by atoms with E-state index in [0.29, 0.717) is 11.4 Å². The Morgan fingerprint density at radius 2 is 1.87 bits per heavy atom. The van der Waals surface area contributed by atoms with Gasteiger partial charge in [-0.05, 0) is 42.3 Å². The fourth-order valence-corrected chi connectivity index (χ4v) is 2.55. The Morgan fingerprint density at radius 1 is 1.09 bits per heavy atom.